The van der Waals surface area contributed by atoms with Gasteiger partial charge in [-0.3, -0.25) is 9.00 Å². The highest BCUT2D eigenvalue weighted by atomic mass is 35.5. The number of hydrogen-bond donors (Lipinski definition) is 2. The Bertz CT molecular complexity index is 477. The fourth-order valence-electron chi connectivity index (χ4n) is 1.39. The first-order chi connectivity index (χ1) is 8.32. The van der Waals surface area contributed by atoms with Gasteiger partial charge in [-0.1, -0.05) is 11.6 Å². The predicted octanol–water partition coefficient (Wildman–Crippen LogP) is 1.94. The molecule has 0 aliphatic carbocycles. The van der Waals surface area contributed by atoms with E-state index in [1.165, 1.54) is 6.07 Å². The molecule has 0 spiro atoms. The van der Waals surface area contributed by atoms with Gasteiger partial charge in [-0.15, -0.1) is 0 Å². The van der Waals surface area contributed by atoms with Crippen LogP contribution in [0.1, 0.15) is 20.8 Å². The van der Waals surface area contributed by atoms with E-state index in [-0.39, 0.29) is 11.9 Å². The fourth-order valence-corrected chi connectivity index (χ4v) is 2.71. The van der Waals surface area contributed by atoms with Crippen LogP contribution in [0.5, 0.6) is 0 Å². The van der Waals surface area contributed by atoms with E-state index >= 15 is 0 Å². The molecule has 2 atom stereocenters. The van der Waals surface area contributed by atoms with Gasteiger partial charge in [0.15, 0.2) is 0 Å². The maximum absolute atomic E-state index is 12.2. The smallest absolute Gasteiger partial charge is 0.236 e. The highest BCUT2D eigenvalue weighted by molar-refractivity contribution is 7.86. The van der Waals surface area contributed by atoms with Crippen LogP contribution < -0.4 is 11.1 Å². The van der Waals surface area contributed by atoms with Gasteiger partial charge in [-0.2, -0.15) is 0 Å². The Morgan fingerprint density at radius 1 is 1.39 bits per heavy atom. The Hall–Kier alpha value is -1.07. The first kappa shape index (κ1) is 15.0. The van der Waals surface area contributed by atoms with Crippen molar-refractivity contribution in [2.75, 3.05) is 5.73 Å². The molecule has 1 rings (SSSR count). The fraction of sp³-hybridized carbons (Fsp3) is 0.417. The third-order valence-electron chi connectivity index (χ3n) is 2.31. The second-order valence-corrected chi connectivity index (χ2v) is 6.46. The highest BCUT2D eigenvalue weighted by Crippen LogP contribution is 2.23. The predicted molar refractivity (Wildman–Crippen MR) is 75.0 cm³/mol. The van der Waals surface area contributed by atoms with Crippen LogP contribution in [0.2, 0.25) is 5.02 Å². The zero-order valence-corrected chi connectivity index (χ0v) is 12.1. The zero-order chi connectivity index (χ0) is 13.9. The molecule has 0 saturated heterocycles. The van der Waals surface area contributed by atoms with Gasteiger partial charge in [0.05, 0.1) is 15.7 Å². The van der Waals surface area contributed by atoms with E-state index in [1.54, 1.807) is 19.1 Å². The minimum absolute atomic E-state index is 0.0134. The number of nitrogens with one attached hydrogen (secondary N) is 1. The first-order valence-corrected chi connectivity index (χ1v) is 7.18. The van der Waals surface area contributed by atoms with Crippen molar-refractivity contribution in [2.24, 2.45) is 0 Å². The second-order valence-electron chi connectivity index (χ2n) is 4.29. The molecule has 0 aliphatic rings. The van der Waals surface area contributed by atoms with Gasteiger partial charge in [0.25, 0.3) is 0 Å². The number of hydrogen-bond acceptors (Lipinski definition) is 3. The second kappa shape index (κ2) is 6.20. The summed E-state index contributed by atoms with van der Waals surface area (Å²) in [5.74, 6) is -0.252. The lowest BCUT2D eigenvalue weighted by Crippen LogP contribution is -2.39. The Balaban J connectivity index is 2.90. The number of nitrogens with two attached hydrogens (primary N) is 1. The van der Waals surface area contributed by atoms with Crippen molar-refractivity contribution >= 4 is 34.0 Å². The van der Waals surface area contributed by atoms with Crippen molar-refractivity contribution in [2.45, 2.75) is 37.0 Å². The Kier molecular flexibility index (Phi) is 5.16. The van der Waals surface area contributed by atoms with Crippen LogP contribution in [0.25, 0.3) is 0 Å². The van der Waals surface area contributed by atoms with Crippen molar-refractivity contribution in [3.05, 3.63) is 23.2 Å². The molecule has 1 aromatic rings. The van der Waals surface area contributed by atoms with Crippen LogP contribution >= 0.6 is 11.6 Å². The van der Waals surface area contributed by atoms with Gasteiger partial charge in [-0.25, -0.2) is 0 Å². The van der Waals surface area contributed by atoms with E-state index in [0.717, 1.165) is 0 Å². The van der Waals surface area contributed by atoms with Crippen molar-refractivity contribution < 1.29 is 9.00 Å². The van der Waals surface area contributed by atoms with Crippen molar-refractivity contribution in [1.82, 2.24) is 5.32 Å². The average Bonchev–Trinajstić information content (AvgIpc) is 2.26. The summed E-state index contributed by atoms with van der Waals surface area (Å²) in [6.45, 7) is 5.32. The summed E-state index contributed by atoms with van der Waals surface area (Å²) in [5.41, 5.74) is 6.09. The number of benzene rings is 1. The number of halogens is 1. The van der Waals surface area contributed by atoms with Crippen LogP contribution in [0.4, 0.5) is 5.69 Å². The standard InChI is InChI=1S/C12H17ClN2O2S/c1-7(2)15-12(16)8(3)18(17)11-5-4-9(13)6-10(11)14/h4-8H,14H2,1-3H3,(H,15,16). The molecule has 0 radical (unpaired) electrons. The number of rotatable bonds is 4. The van der Waals surface area contributed by atoms with Gasteiger partial charge in [0.2, 0.25) is 5.91 Å². The Morgan fingerprint density at radius 3 is 2.50 bits per heavy atom. The van der Waals surface area contributed by atoms with E-state index in [4.69, 9.17) is 17.3 Å². The van der Waals surface area contributed by atoms with E-state index in [1.807, 2.05) is 13.8 Å². The number of carbonyl (C=O) groups excluding carboxylic acids is 1. The average molecular weight is 289 g/mol. The normalized spacial score (nSPS) is 14.3. The summed E-state index contributed by atoms with van der Waals surface area (Å²) >= 11 is 5.77. The molecule has 18 heavy (non-hydrogen) atoms. The first-order valence-electron chi connectivity index (χ1n) is 5.59. The summed E-state index contributed by atoms with van der Waals surface area (Å²) < 4.78 is 12.2. The van der Waals surface area contributed by atoms with Gasteiger partial charge in [-0.05, 0) is 39.0 Å². The summed E-state index contributed by atoms with van der Waals surface area (Å²) in [4.78, 5) is 12.2. The number of nitrogen functional groups attached to an aromatic ring is 1. The minimum atomic E-state index is -1.49. The Morgan fingerprint density at radius 2 is 2.00 bits per heavy atom. The lowest BCUT2D eigenvalue weighted by Gasteiger charge is -2.15. The van der Waals surface area contributed by atoms with Crippen LogP contribution in [-0.4, -0.2) is 21.4 Å². The van der Waals surface area contributed by atoms with Crippen LogP contribution in [0.15, 0.2) is 23.1 Å². The largest absolute Gasteiger partial charge is 0.398 e. The summed E-state index contributed by atoms with van der Waals surface area (Å²) in [6, 6.07) is 4.74. The quantitative estimate of drug-likeness (QED) is 0.832. The topological polar surface area (TPSA) is 72.2 Å². The molecule has 1 amide bonds. The van der Waals surface area contributed by atoms with Crippen molar-refractivity contribution in [3.63, 3.8) is 0 Å². The summed E-state index contributed by atoms with van der Waals surface area (Å²) in [5, 5.41) is 2.55. The third kappa shape index (κ3) is 3.71. The Labute approximate surface area is 114 Å². The molecule has 0 aromatic heterocycles. The van der Waals surface area contributed by atoms with Gasteiger partial charge in [0.1, 0.15) is 5.25 Å². The molecular formula is C12H17ClN2O2S. The maximum atomic E-state index is 12.2. The third-order valence-corrected chi connectivity index (χ3v) is 4.21. The molecule has 0 saturated carbocycles. The molecule has 2 unspecified atom stereocenters. The molecular weight excluding hydrogens is 272 g/mol. The molecule has 0 fully saturated rings. The number of amides is 1. The van der Waals surface area contributed by atoms with E-state index in [0.29, 0.717) is 15.6 Å². The molecule has 4 nitrogen and oxygen atoms in total. The van der Waals surface area contributed by atoms with Crippen molar-refractivity contribution in [1.29, 1.82) is 0 Å². The molecule has 0 heterocycles. The maximum Gasteiger partial charge on any atom is 0.236 e. The summed E-state index contributed by atoms with van der Waals surface area (Å²) in [7, 11) is -1.49. The molecule has 100 valence electrons. The lowest BCUT2D eigenvalue weighted by molar-refractivity contribution is -0.120. The number of carbonyl (C=O) groups is 1. The molecule has 0 bridgehead atoms. The van der Waals surface area contributed by atoms with Crippen LogP contribution in [-0.2, 0) is 15.6 Å². The lowest BCUT2D eigenvalue weighted by atomic mass is 10.3. The van der Waals surface area contributed by atoms with Crippen LogP contribution in [0.3, 0.4) is 0 Å². The SMILES string of the molecule is CC(C)NC(=O)C(C)S(=O)c1ccc(Cl)cc1N. The van der Waals surface area contributed by atoms with Crippen molar-refractivity contribution in [3.8, 4) is 0 Å². The van der Waals surface area contributed by atoms with E-state index in [2.05, 4.69) is 5.32 Å². The van der Waals surface area contributed by atoms with Gasteiger partial charge < -0.3 is 11.1 Å². The zero-order valence-electron chi connectivity index (χ0n) is 10.6. The monoisotopic (exact) mass is 288 g/mol. The van der Waals surface area contributed by atoms with Gasteiger partial charge in [0, 0.05) is 16.8 Å². The van der Waals surface area contributed by atoms with Crippen LogP contribution in [0, 0.1) is 0 Å². The van der Waals surface area contributed by atoms with E-state index in [9.17, 15) is 9.00 Å². The molecule has 1 aromatic carbocycles. The molecule has 6 heteroatoms. The summed E-state index contributed by atoms with van der Waals surface area (Å²) in [6.07, 6.45) is 0. The number of anilines is 1. The minimum Gasteiger partial charge on any atom is -0.398 e. The highest BCUT2D eigenvalue weighted by Gasteiger charge is 2.23. The molecule has 3 N–H and O–H groups in total. The van der Waals surface area contributed by atoms with E-state index < -0.39 is 16.0 Å². The van der Waals surface area contributed by atoms with Gasteiger partial charge >= 0.3 is 0 Å². The molecule has 0 aliphatic heterocycles.